The SMILES string of the molecule is O=C(COc1ccc2c(c1)CCC2)N1CC[NH+](Cc2ccccc2)CC1. The van der Waals surface area contributed by atoms with Crippen LogP contribution >= 0.6 is 0 Å². The smallest absolute Gasteiger partial charge is 0.260 e. The van der Waals surface area contributed by atoms with Crippen LogP contribution in [0.4, 0.5) is 0 Å². The minimum atomic E-state index is 0.101. The Morgan fingerprint density at radius 1 is 1.00 bits per heavy atom. The van der Waals surface area contributed by atoms with Gasteiger partial charge < -0.3 is 14.5 Å². The molecule has 2 aliphatic rings. The number of piperazine rings is 1. The quantitative estimate of drug-likeness (QED) is 0.885. The van der Waals surface area contributed by atoms with Crippen LogP contribution in [-0.4, -0.2) is 43.6 Å². The van der Waals surface area contributed by atoms with Crippen LogP contribution in [0.2, 0.25) is 0 Å². The van der Waals surface area contributed by atoms with Crippen molar-refractivity contribution >= 4 is 5.91 Å². The fraction of sp³-hybridized carbons (Fsp3) is 0.409. The Hall–Kier alpha value is -2.33. The molecule has 0 unspecified atom stereocenters. The normalized spacial score (nSPS) is 17.2. The van der Waals surface area contributed by atoms with Crippen LogP contribution in [0.5, 0.6) is 5.75 Å². The van der Waals surface area contributed by atoms with Crippen molar-refractivity contribution in [1.29, 1.82) is 0 Å². The van der Waals surface area contributed by atoms with Crippen LogP contribution in [0.15, 0.2) is 48.5 Å². The molecular weight excluding hydrogens is 324 g/mol. The molecule has 1 aliphatic carbocycles. The molecule has 4 nitrogen and oxygen atoms in total. The van der Waals surface area contributed by atoms with Gasteiger partial charge in [-0.25, -0.2) is 0 Å². The highest BCUT2D eigenvalue weighted by Gasteiger charge is 2.24. The average Bonchev–Trinajstić information content (AvgIpc) is 3.15. The van der Waals surface area contributed by atoms with Crippen LogP contribution < -0.4 is 9.64 Å². The fourth-order valence-electron chi connectivity index (χ4n) is 4.01. The molecular formula is C22H27N2O2+. The van der Waals surface area contributed by atoms with E-state index in [-0.39, 0.29) is 12.5 Å². The van der Waals surface area contributed by atoms with E-state index in [1.165, 1.54) is 29.5 Å². The number of nitrogens with zero attached hydrogens (tertiary/aromatic N) is 1. The lowest BCUT2D eigenvalue weighted by atomic mass is 10.1. The summed E-state index contributed by atoms with van der Waals surface area (Å²) in [6.07, 6.45) is 3.53. The Bertz CT molecular complexity index is 752. The summed E-state index contributed by atoms with van der Waals surface area (Å²) in [5, 5.41) is 0. The Morgan fingerprint density at radius 3 is 2.58 bits per heavy atom. The summed E-state index contributed by atoms with van der Waals surface area (Å²) in [5.74, 6) is 0.927. The van der Waals surface area contributed by atoms with Crippen molar-refractivity contribution in [3.05, 3.63) is 65.2 Å². The van der Waals surface area contributed by atoms with Crippen molar-refractivity contribution in [1.82, 2.24) is 4.90 Å². The van der Waals surface area contributed by atoms with Gasteiger partial charge in [0.15, 0.2) is 6.61 Å². The number of quaternary nitrogens is 1. The molecule has 2 aromatic carbocycles. The topological polar surface area (TPSA) is 34.0 Å². The Kier molecular flexibility index (Phi) is 5.21. The number of fused-ring (bicyclic) bond motifs is 1. The molecule has 26 heavy (non-hydrogen) atoms. The van der Waals surface area contributed by atoms with E-state index < -0.39 is 0 Å². The zero-order chi connectivity index (χ0) is 17.8. The number of hydrogen-bond acceptors (Lipinski definition) is 2. The second-order valence-electron chi connectivity index (χ2n) is 7.37. The zero-order valence-corrected chi connectivity index (χ0v) is 15.2. The van der Waals surface area contributed by atoms with E-state index in [1.807, 2.05) is 11.0 Å². The molecule has 2 aromatic rings. The summed E-state index contributed by atoms with van der Waals surface area (Å²) in [7, 11) is 0. The van der Waals surface area contributed by atoms with Crippen molar-refractivity contribution in [2.24, 2.45) is 0 Å². The van der Waals surface area contributed by atoms with Crippen LogP contribution in [-0.2, 0) is 24.2 Å². The maximum atomic E-state index is 12.5. The van der Waals surface area contributed by atoms with E-state index in [1.54, 1.807) is 4.90 Å². The third kappa shape index (κ3) is 4.07. The predicted molar refractivity (Wildman–Crippen MR) is 101 cm³/mol. The highest BCUT2D eigenvalue weighted by molar-refractivity contribution is 5.77. The van der Waals surface area contributed by atoms with E-state index in [2.05, 4.69) is 42.5 Å². The lowest BCUT2D eigenvalue weighted by Crippen LogP contribution is -3.13. The molecule has 1 fully saturated rings. The van der Waals surface area contributed by atoms with Crippen LogP contribution in [0.25, 0.3) is 0 Å². The molecule has 1 saturated heterocycles. The monoisotopic (exact) mass is 351 g/mol. The van der Waals surface area contributed by atoms with Gasteiger partial charge in [0.1, 0.15) is 12.3 Å². The second-order valence-corrected chi connectivity index (χ2v) is 7.37. The molecule has 1 heterocycles. The van der Waals surface area contributed by atoms with Gasteiger partial charge in [0.25, 0.3) is 5.91 Å². The number of benzene rings is 2. The summed E-state index contributed by atoms with van der Waals surface area (Å²) >= 11 is 0. The third-order valence-corrected chi connectivity index (χ3v) is 5.55. The van der Waals surface area contributed by atoms with Gasteiger partial charge in [-0.05, 0) is 42.5 Å². The first-order valence-corrected chi connectivity index (χ1v) is 9.68. The lowest BCUT2D eigenvalue weighted by Gasteiger charge is -2.32. The first-order chi connectivity index (χ1) is 12.8. The fourth-order valence-corrected chi connectivity index (χ4v) is 4.01. The minimum absolute atomic E-state index is 0.101. The predicted octanol–water partition coefficient (Wildman–Crippen LogP) is 1.48. The highest BCUT2D eigenvalue weighted by atomic mass is 16.5. The molecule has 1 amide bonds. The van der Waals surface area contributed by atoms with E-state index in [4.69, 9.17) is 4.74 Å². The Labute approximate surface area is 155 Å². The largest absolute Gasteiger partial charge is 0.484 e. The Balaban J connectivity index is 1.23. The summed E-state index contributed by atoms with van der Waals surface area (Å²) in [6, 6.07) is 16.8. The highest BCUT2D eigenvalue weighted by Crippen LogP contribution is 2.25. The van der Waals surface area contributed by atoms with Gasteiger partial charge in [-0.3, -0.25) is 4.79 Å². The maximum Gasteiger partial charge on any atom is 0.260 e. The number of amides is 1. The maximum absolute atomic E-state index is 12.5. The van der Waals surface area contributed by atoms with Gasteiger partial charge in [-0.15, -0.1) is 0 Å². The Morgan fingerprint density at radius 2 is 1.77 bits per heavy atom. The van der Waals surface area contributed by atoms with Gasteiger partial charge in [-0.1, -0.05) is 36.4 Å². The first kappa shape index (κ1) is 17.1. The molecule has 0 bridgehead atoms. The van der Waals surface area contributed by atoms with Gasteiger partial charge in [0, 0.05) is 5.56 Å². The lowest BCUT2D eigenvalue weighted by molar-refractivity contribution is -0.917. The summed E-state index contributed by atoms with van der Waals surface area (Å²) < 4.78 is 5.77. The number of carbonyl (C=O) groups excluding carboxylic acids is 1. The third-order valence-electron chi connectivity index (χ3n) is 5.55. The van der Waals surface area contributed by atoms with Gasteiger partial charge in [0.05, 0.1) is 26.2 Å². The van der Waals surface area contributed by atoms with Gasteiger partial charge in [-0.2, -0.15) is 0 Å². The van der Waals surface area contributed by atoms with Gasteiger partial charge in [0.2, 0.25) is 0 Å². The van der Waals surface area contributed by atoms with Crippen molar-refractivity contribution in [3.8, 4) is 5.75 Å². The van der Waals surface area contributed by atoms with E-state index >= 15 is 0 Å². The molecule has 4 rings (SSSR count). The van der Waals surface area contributed by atoms with Crippen molar-refractivity contribution < 1.29 is 14.4 Å². The summed E-state index contributed by atoms with van der Waals surface area (Å²) in [4.78, 5) is 15.9. The van der Waals surface area contributed by atoms with Crippen LogP contribution in [0.3, 0.4) is 0 Å². The number of nitrogens with one attached hydrogen (secondary N) is 1. The standard InChI is InChI=1S/C22H26N2O2/c25-22(17-26-21-10-9-19-7-4-8-20(19)15-21)24-13-11-23(12-14-24)16-18-5-2-1-3-6-18/h1-3,5-6,9-10,15H,4,7-8,11-14,16-17H2/p+1. The summed E-state index contributed by atoms with van der Waals surface area (Å²) in [5.41, 5.74) is 4.18. The van der Waals surface area contributed by atoms with Crippen molar-refractivity contribution in [2.75, 3.05) is 32.8 Å². The second kappa shape index (κ2) is 7.92. The van der Waals surface area contributed by atoms with Gasteiger partial charge >= 0.3 is 0 Å². The first-order valence-electron chi connectivity index (χ1n) is 9.68. The number of hydrogen-bond donors (Lipinski definition) is 1. The number of rotatable bonds is 5. The zero-order valence-electron chi connectivity index (χ0n) is 15.2. The molecule has 136 valence electrons. The number of ether oxygens (including phenoxy) is 1. The molecule has 0 aromatic heterocycles. The molecule has 0 atom stereocenters. The van der Waals surface area contributed by atoms with Crippen molar-refractivity contribution in [3.63, 3.8) is 0 Å². The number of aryl methyl sites for hydroxylation is 2. The molecule has 0 spiro atoms. The van der Waals surface area contributed by atoms with Crippen LogP contribution in [0.1, 0.15) is 23.1 Å². The minimum Gasteiger partial charge on any atom is -0.484 e. The molecule has 0 radical (unpaired) electrons. The van der Waals surface area contributed by atoms with E-state index in [9.17, 15) is 4.79 Å². The molecule has 4 heteroatoms. The number of carbonyl (C=O) groups is 1. The summed E-state index contributed by atoms with van der Waals surface area (Å²) in [6.45, 7) is 4.81. The molecule has 1 N–H and O–H groups in total. The molecule has 1 aliphatic heterocycles. The van der Waals surface area contributed by atoms with E-state index in [0.29, 0.717) is 0 Å². The average molecular weight is 351 g/mol. The van der Waals surface area contributed by atoms with Crippen molar-refractivity contribution in [2.45, 2.75) is 25.8 Å². The molecule has 0 saturated carbocycles. The van der Waals surface area contributed by atoms with Crippen LogP contribution in [0, 0.1) is 0 Å². The van der Waals surface area contributed by atoms with E-state index in [0.717, 1.165) is 44.9 Å².